The van der Waals surface area contributed by atoms with Gasteiger partial charge in [0.1, 0.15) is 0 Å². The van der Waals surface area contributed by atoms with Gasteiger partial charge in [-0.15, -0.1) is 0 Å². The van der Waals surface area contributed by atoms with E-state index in [1.54, 1.807) is 6.20 Å². The first kappa shape index (κ1) is 16.8. The molecule has 0 unspecified atom stereocenters. The molecule has 0 aromatic carbocycles. The first-order valence-electron chi connectivity index (χ1n) is 8.37. The summed E-state index contributed by atoms with van der Waals surface area (Å²) in [7, 11) is -3.16. The number of ether oxygens (including phenoxy) is 1. The van der Waals surface area contributed by atoms with E-state index in [0.29, 0.717) is 17.5 Å². The van der Waals surface area contributed by atoms with Gasteiger partial charge in [-0.25, -0.2) is 13.1 Å². The van der Waals surface area contributed by atoms with Crippen molar-refractivity contribution in [2.75, 3.05) is 32.4 Å². The first-order chi connectivity index (χ1) is 11.3. The second-order valence-electron chi connectivity index (χ2n) is 7.31. The second kappa shape index (κ2) is 5.95. The standard InChI is InChI=1S/C15H23ClN4O3S/c1-24(21,22)18-7-12-13-9-19(4-5-20-8-11(16)6-17-20)10-15(13)3-2-14(12)23-15/h6,8,12-14,18H,2-5,7,9-10H2,1H3/t12-,13+,14+,15+/m0/s1. The third-order valence-electron chi connectivity index (χ3n) is 5.68. The normalized spacial score (nSPS) is 35.7. The largest absolute Gasteiger partial charge is 0.370 e. The average molecular weight is 375 g/mol. The van der Waals surface area contributed by atoms with Crippen molar-refractivity contribution >= 4 is 21.6 Å². The van der Waals surface area contributed by atoms with E-state index in [0.717, 1.165) is 39.0 Å². The zero-order valence-electron chi connectivity index (χ0n) is 13.7. The molecule has 2 bridgehead atoms. The van der Waals surface area contributed by atoms with Crippen molar-refractivity contribution < 1.29 is 13.2 Å². The van der Waals surface area contributed by atoms with Crippen LogP contribution in [0.5, 0.6) is 0 Å². The molecule has 0 saturated carbocycles. The number of sulfonamides is 1. The average Bonchev–Trinajstić information content (AvgIpc) is 3.21. The van der Waals surface area contributed by atoms with Crippen molar-refractivity contribution in [3.63, 3.8) is 0 Å². The van der Waals surface area contributed by atoms with Gasteiger partial charge in [0, 0.05) is 44.2 Å². The number of hydrogen-bond donors (Lipinski definition) is 1. The number of fused-ring (bicyclic) bond motifs is 1. The molecule has 1 N–H and O–H groups in total. The highest BCUT2D eigenvalue weighted by atomic mass is 35.5. The Bertz CT molecular complexity index is 724. The second-order valence-corrected chi connectivity index (χ2v) is 9.58. The lowest BCUT2D eigenvalue weighted by Crippen LogP contribution is -2.41. The molecule has 3 saturated heterocycles. The third kappa shape index (κ3) is 3.10. The number of hydrogen-bond acceptors (Lipinski definition) is 5. The van der Waals surface area contributed by atoms with Crippen LogP contribution in [0, 0.1) is 11.8 Å². The number of nitrogens with one attached hydrogen (secondary N) is 1. The van der Waals surface area contributed by atoms with Gasteiger partial charge in [0.2, 0.25) is 10.0 Å². The van der Waals surface area contributed by atoms with E-state index in [4.69, 9.17) is 16.3 Å². The van der Waals surface area contributed by atoms with Crippen LogP contribution in [0.4, 0.5) is 0 Å². The van der Waals surface area contributed by atoms with Crippen molar-refractivity contribution in [1.82, 2.24) is 19.4 Å². The van der Waals surface area contributed by atoms with E-state index in [1.165, 1.54) is 6.26 Å². The molecule has 7 nitrogen and oxygen atoms in total. The molecule has 4 atom stereocenters. The Morgan fingerprint density at radius 3 is 3.04 bits per heavy atom. The van der Waals surface area contributed by atoms with Crippen molar-refractivity contribution in [3.05, 3.63) is 17.4 Å². The Morgan fingerprint density at radius 2 is 2.33 bits per heavy atom. The van der Waals surface area contributed by atoms with Gasteiger partial charge in [0.25, 0.3) is 0 Å². The maximum Gasteiger partial charge on any atom is 0.208 e. The maximum absolute atomic E-state index is 11.4. The highest BCUT2D eigenvalue weighted by Gasteiger charge is 2.62. The molecule has 4 rings (SSSR count). The fraction of sp³-hybridized carbons (Fsp3) is 0.800. The summed E-state index contributed by atoms with van der Waals surface area (Å²) in [4.78, 5) is 2.41. The van der Waals surface area contributed by atoms with Crippen LogP contribution in [0.2, 0.25) is 5.02 Å². The van der Waals surface area contributed by atoms with Gasteiger partial charge >= 0.3 is 0 Å². The van der Waals surface area contributed by atoms with Crippen LogP contribution in [-0.2, 0) is 21.3 Å². The van der Waals surface area contributed by atoms with E-state index in [9.17, 15) is 8.42 Å². The number of likely N-dealkylation sites (tertiary alicyclic amines) is 1. The van der Waals surface area contributed by atoms with Crippen LogP contribution < -0.4 is 4.72 Å². The van der Waals surface area contributed by atoms with Gasteiger partial charge in [-0.05, 0) is 12.8 Å². The molecule has 1 aromatic heterocycles. The summed E-state index contributed by atoms with van der Waals surface area (Å²) < 4.78 is 33.7. The Hall–Kier alpha value is -0.670. The minimum absolute atomic E-state index is 0.0731. The smallest absolute Gasteiger partial charge is 0.208 e. The van der Waals surface area contributed by atoms with E-state index in [-0.39, 0.29) is 17.6 Å². The Balaban J connectivity index is 1.39. The molecule has 0 amide bonds. The van der Waals surface area contributed by atoms with Crippen molar-refractivity contribution in [2.24, 2.45) is 11.8 Å². The Morgan fingerprint density at radius 1 is 1.50 bits per heavy atom. The van der Waals surface area contributed by atoms with Crippen LogP contribution in [0.15, 0.2) is 12.4 Å². The minimum Gasteiger partial charge on any atom is -0.370 e. The van der Waals surface area contributed by atoms with Crippen molar-refractivity contribution in [2.45, 2.75) is 31.1 Å². The molecule has 0 radical (unpaired) electrons. The lowest BCUT2D eigenvalue weighted by Gasteiger charge is -2.29. The topological polar surface area (TPSA) is 76.5 Å². The summed E-state index contributed by atoms with van der Waals surface area (Å²) >= 11 is 5.90. The zero-order chi connectivity index (χ0) is 16.9. The minimum atomic E-state index is -3.16. The monoisotopic (exact) mass is 374 g/mol. The molecule has 3 aliphatic rings. The van der Waals surface area contributed by atoms with Crippen LogP contribution in [0.3, 0.4) is 0 Å². The van der Waals surface area contributed by atoms with Crippen LogP contribution in [0.25, 0.3) is 0 Å². The van der Waals surface area contributed by atoms with Gasteiger partial charge in [-0.2, -0.15) is 5.10 Å². The molecular formula is C15H23ClN4O3S. The van der Waals surface area contributed by atoms with E-state index < -0.39 is 10.0 Å². The summed E-state index contributed by atoms with van der Waals surface area (Å²) in [6, 6.07) is 0. The number of rotatable bonds is 6. The third-order valence-corrected chi connectivity index (χ3v) is 6.57. The van der Waals surface area contributed by atoms with Crippen molar-refractivity contribution in [3.8, 4) is 0 Å². The molecular weight excluding hydrogens is 352 g/mol. The molecule has 1 spiro atoms. The van der Waals surface area contributed by atoms with E-state index in [1.807, 2.05) is 10.9 Å². The molecule has 9 heteroatoms. The fourth-order valence-electron chi connectivity index (χ4n) is 4.68. The lowest BCUT2D eigenvalue weighted by atomic mass is 9.74. The van der Waals surface area contributed by atoms with Gasteiger partial charge in [0.15, 0.2) is 0 Å². The molecule has 1 aromatic rings. The predicted molar refractivity (Wildman–Crippen MR) is 90.3 cm³/mol. The maximum atomic E-state index is 11.4. The van der Waals surface area contributed by atoms with Crippen LogP contribution >= 0.6 is 11.6 Å². The van der Waals surface area contributed by atoms with E-state index in [2.05, 4.69) is 14.7 Å². The molecule has 134 valence electrons. The summed E-state index contributed by atoms with van der Waals surface area (Å²) in [5.74, 6) is 0.685. The van der Waals surface area contributed by atoms with Gasteiger partial charge in [0.05, 0.1) is 35.7 Å². The highest BCUT2D eigenvalue weighted by Crippen LogP contribution is 2.54. The quantitative estimate of drug-likeness (QED) is 0.787. The lowest BCUT2D eigenvalue weighted by molar-refractivity contribution is 0.00255. The summed E-state index contributed by atoms with van der Waals surface area (Å²) in [5, 5.41) is 4.87. The summed E-state index contributed by atoms with van der Waals surface area (Å²) in [6.07, 6.45) is 7.02. The highest BCUT2D eigenvalue weighted by molar-refractivity contribution is 7.88. The fourth-order valence-corrected chi connectivity index (χ4v) is 5.33. The molecule has 0 aliphatic carbocycles. The van der Waals surface area contributed by atoms with Gasteiger partial charge in [-0.1, -0.05) is 11.6 Å². The van der Waals surface area contributed by atoms with Gasteiger partial charge < -0.3 is 4.74 Å². The molecule has 3 fully saturated rings. The Labute approximate surface area is 147 Å². The Kier molecular flexibility index (Phi) is 4.16. The van der Waals surface area contributed by atoms with Crippen LogP contribution in [0.1, 0.15) is 12.8 Å². The predicted octanol–water partition coefficient (Wildman–Crippen LogP) is 0.565. The molecule has 4 heterocycles. The van der Waals surface area contributed by atoms with Crippen molar-refractivity contribution in [1.29, 1.82) is 0 Å². The SMILES string of the molecule is CS(=O)(=O)NC[C@H]1[C@H]2CN(CCn3cc(Cl)cn3)C[C@]23CC[C@H]1O3. The summed E-state index contributed by atoms with van der Waals surface area (Å²) in [6.45, 7) is 4.07. The molecule has 24 heavy (non-hydrogen) atoms. The zero-order valence-corrected chi connectivity index (χ0v) is 15.3. The van der Waals surface area contributed by atoms with E-state index >= 15 is 0 Å². The van der Waals surface area contributed by atoms with Gasteiger partial charge in [-0.3, -0.25) is 9.58 Å². The number of halogens is 1. The first-order valence-corrected chi connectivity index (χ1v) is 10.6. The molecule has 3 aliphatic heterocycles. The number of aromatic nitrogens is 2. The van der Waals surface area contributed by atoms with Crippen LogP contribution in [-0.4, -0.2) is 67.2 Å². The number of nitrogens with zero attached hydrogens (tertiary/aromatic N) is 3. The summed E-state index contributed by atoms with van der Waals surface area (Å²) in [5.41, 5.74) is -0.0731.